The fourth-order valence-corrected chi connectivity index (χ4v) is 3.75. The van der Waals surface area contributed by atoms with Crippen molar-refractivity contribution in [2.24, 2.45) is 5.92 Å². The zero-order valence-corrected chi connectivity index (χ0v) is 12.0. The van der Waals surface area contributed by atoms with Crippen LogP contribution in [-0.4, -0.2) is 20.3 Å². The Kier molecular flexibility index (Phi) is 4.30. The number of hydrogen-bond donors (Lipinski definition) is 1. The monoisotopic (exact) mass is 287 g/mol. The van der Waals surface area contributed by atoms with Crippen LogP contribution < -0.4 is 4.72 Å². The molecule has 1 aliphatic carbocycles. The van der Waals surface area contributed by atoms with Crippen molar-refractivity contribution in [1.29, 1.82) is 0 Å². The number of rotatable bonds is 6. The van der Waals surface area contributed by atoms with Gasteiger partial charge in [-0.1, -0.05) is 25.1 Å². The number of alkyl halides is 1. The van der Waals surface area contributed by atoms with Crippen LogP contribution in [0.5, 0.6) is 0 Å². The van der Waals surface area contributed by atoms with Gasteiger partial charge in [0.05, 0.1) is 4.90 Å². The molecule has 0 bridgehead atoms. The van der Waals surface area contributed by atoms with Crippen molar-refractivity contribution in [3.63, 3.8) is 0 Å². The molecule has 0 saturated heterocycles. The molecule has 1 unspecified atom stereocenters. The second-order valence-electron chi connectivity index (χ2n) is 4.67. The summed E-state index contributed by atoms with van der Waals surface area (Å²) in [6, 6.07) is 7.09. The zero-order valence-electron chi connectivity index (χ0n) is 10.4. The zero-order chi connectivity index (χ0) is 13.2. The van der Waals surface area contributed by atoms with Gasteiger partial charge in [-0.15, -0.1) is 11.6 Å². The molecular formula is C13H18ClNO2S. The lowest BCUT2D eigenvalue weighted by Gasteiger charge is -2.13. The molecule has 0 aliphatic heterocycles. The first-order valence-electron chi connectivity index (χ1n) is 6.26. The topological polar surface area (TPSA) is 46.2 Å². The Morgan fingerprint density at radius 2 is 2.06 bits per heavy atom. The Balaban J connectivity index is 2.24. The number of nitrogens with one attached hydrogen (secondary N) is 1. The molecule has 1 N–H and O–H groups in total. The van der Waals surface area contributed by atoms with E-state index in [1.165, 1.54) is 0 Å². The minimum atomic E-state index is -3.40. The normalized spacial score (nSPS) is 17.7. The minimum absolute atomic E-state index is 0.0444. The smallest absolute Gasteiger partial charge is 0.211 e. The van der Waals surface area contributed by atoms with Crippen LogP contribution >= 0.6 is 11.6 Å². The van der Waals surface area contributed by atoms with Gasteiger partial charge in [-0.25, -0.2) is 13.1 Å². The Bertz CT molecular complexity index is 511. The highest BCUT2D eigenvalue weighted by Gasteiger charge is 2.30. The van der Waals surface area contributed by atoms with Crippen molar-refractivity contribution in [2.75, 3.05) is 6.54 Å². The van der Waals surface area contributed by atoms with Gasteiger partial charge in [0.15, 0.2) is 0 Å². The summed E-state index contributed by atoms with van der Waals surface area (Å²) in [5, 5.41) is 0.0444. The second kappa shape index (κ2) is 5.59. The van der Waals surface area contributed by atoms with E-state index in [4.69, 9.17) is 11.6 Å². The van der Waals surface area contributed by atoms with Crippen LogP contribution in [0.2, 0.25) is 0 Å². The molecule has 18 heavy (non-hydrogen) atoms. The SMILES string of the molecule is CCNS(=O)(=O)c1ccccc1CC(Cl)C1CC1. The summed E-state index contributed by atoms with van der Waals surface area (Å²) in [5.41, 5.74) is 0.811. The van der Waals surface area contributed by atoms with Crippen LogP contribution in [-0.2, 0) is 16.4 Å². The molecule has 0 amide bonds. The number of hydrogen-bond acceptors (Lipinski definition) is 2. The van der Waals surface area contributed by atoms with Crippen LogP contribution in [0.25, 0.3) is 0 Å². The molecule has 1 fully saturated rings. The molecule has 0 heterocycles. The van der Waals surface area contributed by atoms with Crippen LogP contribution in [0.1, 0.15) is 25.3 Å². The fraction of sp³-hybridized carbons (Fsp3) is 0.538. The highest BCUT2D eigenvalue weighted by molar-refractivity contribution is 7.89. The number of halogens is 1. The standard InChI is InChI=1S/C13H18ClNO2S/c1-2-15-18(16,17)13-6-4-3-5-11(13)9-12(14)10-7-8-10/h3-6,10,12,15H,2,7-9H2,1H3. The van der Waals surface area contributed by atoms with E-state index in [1.54, 1.807) is 19.1 Å². The third-order valence-corrected chi connectivity index (χ3v) is 5.30. The maximum atomic E-state index is 12.1. The molecule has 1 aromatic rings. The van der Waals surface area contributed by atoms with Crippen molar-refractivity contribution in [2.45, 2.75) is 36.5 Å². The molecule has 100 valence electrons. The van der Waals surface area contributed by atoms with E-state index in [9.17, 15) is 8.42 Å². The summed E-state index contributed by atoms with van der Waals surface area (Å²) in [5.74, 6) is 0.557. The van der Waals surface area contributed by atoms with Gasteiger partial charge < -0.3 is 0 Å². The van der Waals surface area contributed by atoms with Gasteiger partial charge in [0.2, 0.25) is 10.0 Å². The molecule has 1 aromatic carbocycles. The maximum absolute atomic E-state index is 12.1. The summed E-state index contributed by atoms with van der Waals surface area (Å²) >= 11 is 6.30. The van der Waals surface area contributed by atoms with E-state index < -0.39 is 10.0 Å². The fourth-order valence-electron chi connectivity index (χ4n) is 2.04. The first-order chi connectivity index (χ1) is 8.54. The lowest BCUT2D eigenvalue weighted by Crippen LogP contribution is -2.24. The summed E-state index contributed by atoms with van der Waals surface area (Å²) in [4.78, 5) is 0.359. The van der Waals surface area contributed by atoms with Gasteiger partial charge in [0.25, 0.3) is 0 Å². The van der Waals surface area contributed by atoms with Crippen LogP contribution in [0.4, 0.5) is 0 Å². The van der Waals surface area contributed by atoms with Crippen LogP contribution in [0.15, 0.2) is 29.2 Å². The van der Waals surface area contributed by atoms with Crippen molar-refractivity contribution < 1.29 is 8.42 Å². The Morgan fingerprint density at radius 3 is 2.67 bits per heavy atom. The third kappa shape index (κ3) is 3.25. The van der Waals surface area contributed by atoms with Gasteiger partial charge in [-0.2, -0.15) is 0 Å². The molecule has 1 atom stereocenters. The van der Waals surface area contributed by atoms with E-state index in [0.29, 0.717) is 23.8 Å². The maximum Gasteiger partial charge on any atom is 0.240 e. The lowest BCUT2D eigenvalue weighted by atomic mass is 10.1. The minimum Gasteiger partial charge on any atom is -0.211 e. The molecule has 2 rings (SSSR count). The average Bonchev–Trinajstić information content (AvgIpc) is 3.13. The molecular weight excluding hydrogens is 270 g/mol. The van der Waals surface area contributed by atoms with Crippen molar-refractivity contribution in [1.82, 2.24) is 4.72 Å². The predicted octanol–water partition coefficient (Wildman–Crippen LogP) is 2.54. The van der Waals surface area contributed by atoms with E-state index in [0.717, 1.165) is 18.4 Å². The Labute approximate surface area is 114 Å². The van der Waals surface area contributed by atoms with E-state index in [1.807, 2.05) is 12.1 Å². The van der Waals surface area contributed by atoms with Gasteiger partial charge in [0, 0.05) is 11.9 Å². The summed E-state index contributed by atoms with van der Waals surface area (Å²) in [6.45, 7) is 2.16. The molecule has 1 aliphatic rings. The largest absolute Gasteiger partial charge is 0.240 e. The number of benzene rings is 1. The van der Waals surface area contributed by atoms with E-state index in [-0.39, 0.29) is 5.38 Å². The molecule has 0 aromatic heterocycles. The highest BCUT2D eigenvalue weighted by Crippen LogP contribution is 2.37. The average molecular weight is 288 g/mol. The summed E-state index contributed by atoms with van der Waals surface area (Å²) in [7, 11) is -3.40. The number of sulfonamides is 1. The van der Waals surface area contributed by atoms with Crippen molar-refractivity contribution >= 4 is 21.6 Å². The van der Waals surface area contributed by atoms with E-state index in [2.05, 4.69) is 4.72 Å². The molecule has 5 heteroatoms. The lowest BCUT2D eigenvalue weighted by molar-refractivity contribution is 0.582. The van der Waals surface area contributed by atoms with Gasteiger partial charge in [-0.05, 0) is 36.8 Å². The molecule has 3 nitrogen and oxygen atoms in total. The Morgan fingerprint density at radius 1 is 1.39 bits per heavy atom. The van der Waals surface area contributed by atoms with Crippen molar-refractivity contribution in [3.05, 3.63) is 29.8 Å². The summed E-state index contributed by atoms with van der Waals surface area (Å²) in [6.07, 6.45) is 2.94. The first-order valence-corrected chi connectivity index (χ1v) is 8.18. The predicted molar refractivity (Wildman–Crippen MR) is 73.4 cm³/mol. The Hall–Kier alpha value is -0.580. The van der Waals surface area contributed by atoms with Gasteiger partial charge in [0.1, 0.15) is 0 Å². The van der Waals surface area contributed by atoms with Gasteiger partial charge in [-0.3, -0.25) is 0 Å². The second-order valence-corrected chi connectivity index (χ2v) is 6.96. The van der Waals surface area contributed by atoms with Crippen molar-refractivity contribution in [3.8, 4) is 0 Å². The van der Waals surface area contributed by atoms with Crippen LogP contribution in [0, 0.1) is 5.92 Å². The first kappa shape index (κ1) is 13.8. The quantitative estimate of drug-likeness (QED) is 0.817. The van der Waals surface area contributed by atoms with E-state index >= 15 is 0 Å². The van der Waals surface area contributed by atoms with Crippen LogP contribution in [0.3, 0.4) is 0 Å². The third-order valence-electron chi connectivity index (χ3n) is 3.14. The molecule has 0 radical (unpaired) electrons. The highest BCUT2D eigenvalue weighted by atomic mass is 35.5. The molecule has 0 spiro atoms. The van der Waals surface area contributed by atoms with Gasteiger partial charge >= 0.3 is 0 Å². The summed E-state index contributed by atoms with van der Waals surface area (Å²) < 4.78 is 26.7. The molecule has 1 saturated carbocycles.